The molecule has 1 aliphatic carbocycles. The first-order chi connectivity index (χ1) is 10.7. The van der Waals surface area contributed by atoms with Gasteiger partial charge in [-0.15, -0.1) is 5.10 Å². The van der Waals surface area contributed by atoms with Crippen LogP contribution in [0.2, 0.25) is 0 Å². The quantitative estimate of drug-likeness (QED) is 0.803. The third-order valence-corrected chi connectivity index (χ3v) is 4.51. The number of rotatable bonds is 3. The van der Waals surface area contributed by atoms with E-state index in [2.05, 4.69) is 27.2 Å². The summed E-state index contributed by atoms with van der Waals surface area (Å²) in [5, 5.41) is 8.39. The molecule has 0 unspecified atom stereocenters. The van der Waals surface area contributed by atoms with Crippen LogP contribution in [0.5, 0.6) is 0 Å². The maximum absolute atomic E-state index is 12.4. The molecule has 2 aliphatic rings. The summed E-state index contributed by atoms with van der Waals surface area (Å²) in [4.78, 5) is 16.7. The maximum atomic E-state index is 12.4. The summed E-state index contributed by atoms with van der Waals surface area (Å²) in [5.41, 5.74) is 0.931. The van der Waals surface area contributed by atoms with Crippen LogP contribution >= 0.6 is 0 Å². The van der Waals surface area contributed by atoms with Gasteiger partial charge in [0.05, 0.1) is 5.69 Å². The molecule has 5 nitrogen and oxygen atoms in total. The van der Waals surface area contributed by atoms with Crippen LogP contribution in [0.25, 0.3) is 0 Å². The number of carbonyl (C=O) groups is 1. The molecule has 1 aliphatic heterocycles. The van der Waals surface area contributed by atoms with Crippen molar-refractivity contribution < 1.29 is 4.79 Å². The summed E-state index contributed by atoms with van der Waals surface area (Å²) in [6, 6.07) is 4.01. The van der Waals surface area contributed by atoms with Crippen molar-refractivity contribution in [1.29, 1.82) is 0 Å². The normalized spacial score (nSPS) is 22.0. The molecule has 0 N–H and O–H groups in total. The number of hydrogen-bond acceptors (Lipinski definition) is 4. The van der Waals surface area contributed by atoms with Gasteiger partial charge in [0.25, 0.3) is 0 Å². The van der Waals surface area contributed by atoms with E-state index >= 15 is 0 Å². The van der Waals surface area contributed by atoms with Crippen molar-refractivity contribution in [3.63, 3.8) is 0 Å². The molecule has 0 spiro atoms. The average molecular weight is 300 g/mol. The van der Waals surface area contributed by atoms with Crippen LogP contribution in [0.15, 0.2) is 24.3 Å². The minimum absolute atomic E-state index is 0.299. The zero-order chi connectivity index (χ0) is 15.4. The maximum Gasteiger partial charge on any atom is 0.223 e. The van der Waals surface area contributed by atoms with E-state index in [-0.39, 0.29) is 0 Å². The van der Waals surface area contributed by atoms with Crippen LogP contribution in [0, 0.1) is 12.8 Å². The number of aryl methyl sites for hydroxylation is 1. The van der Waals surface area contributed by atoms with Gasteiger partial charge in [-0.2, -0.15) is 5.10 Å². The van der Waals surface area contributed by atoms with E-state index in [0.717, 1.165) is 57.0 Å². The van der Waals surface area contributed by atoms with E-state index in [1.54, 1.807) is 0 Å². The number of amides is 1. The Balaban J connectivity index is 1.56. The molecule has 1 aromatic heterocycles. The van der Waals surface area contributed by atoms with Gasteiger partial charge in [-0.3, -0.25) is 4.79 Å². The Bertz CT molecular complexity index is 540. The van der Waals surface area contributed by atoms with Crippen molar-refractivity contribution in [1.82, 2.24) is 15.1 Å². The van der Waals surface area contributed by atoms with E-state index in [1.807, 2.05) is 24.0 Å². The van der Waals surface area contributed by atoms with Gasteiger partial charge in [-0.25, -0.2) is 0 Å². The van der Waals surface area contributed by atoms with Gasteiger partial charge in [-0.1, -0.05) is 12.2 Å². The highest BCUT2D eigenvalue weighted by atomic mass is 16.2. The number of carbonyl (C=O) groups excluding carboxylic acids is 1. The van der Waals surface area contributed by atoms with Gasteiger partial charge >= 0.3 is 0 Å². The molecule has 1 saturated heterocycles. The molecule has 22 heavy (non-hydrogen) atoms. The van der Waals surface area contributed by atoms with Crippen molar-refractivity contribution in [2.45, 2.75) is 32.6 Å². The molecule has 1 atom stereocenters. The van der Waals surface area contributed by atoms with Crippen molar-refractivity contribution in [2.24, 2.45) is 5.92 Å². The second-order valence-electron chi connectivity index (χ2n) is 6.22. The third kappa shape index (κ3) is 3.64. The Morgan fingerprint density at radius 2 is 2.14 bits per heavy atom. The van der Waals surface area contributed by atoms with Crippen LogP contribution in [0.4, 0.5) is 5.82 Å². The SMILES string of the molecule is Cc1ccc(N2CCCN(C(=O)C[C@@H]3C=CCC3)CC2)nn1. The lowest BCUT2D eigenvalue weighted by Gasteiger charge is -2.23. The van der Waals surface area contributed by atoms with E-state index in [0.29, 0.717) is 18.2 Å². The molecule has 1 aromatic rings. The molecule has 118 valence electrons. The summed E-state index contributed by atoms with van der Waals surface area (Å²) < 4.78 is 0. The summed E-state index contributed by atoms with van der Waals surface area (Å²) in [6.07, 6.45) is 8.30. The first kappa shape index (κ1) is 15.0. The molecule has 0 aromatic carbocycles. The number of hydrogen-bond donors (Lipinski definition) is 0. The molecule has 0 radical (unpaired) electrons. The minimum atomic E-state index is 0.299. The lowest BCUT2D eigenvalue weighted by Crippen LogP contribution is -2.36. The molecule has 0 saturated carbocycles. The summed E-state index contributed by atoms with van der Waals surface area (Å²) in [5.74, 6) is 1.67. The van der Waals surface area contributed by atoms with Crippen molar-refractivity contribution in [2.75, 3.05) is 31.1 Å². The zero-order valence-electron chi connectivity index (χ0n) is 13.2. The molecule has 0 bridgehead atoms. The van der Waals surface area contributed by atoms with Crippen molar-refractivity contribution >= 4 is 11.7 Å². The Morgan fingerprint density at radius 1 is 1.23 bits per heavy atom. The van der Waals surface area contributed by atoms with E-state index in [9.17, 15) is 4.79 Å². The van der Waals surface area contributed by atoms with Gasteiger partial charge in [0.2, 0.25) is 5.91 Å². The Morgan fingerprint density at radius 3 is 2.86 bits per heavy atom. The Kier molecular flexibility index (Phi) is 4.71. The van der Waals surface area contributed by atoms with Crippen molar-refractivity contribution in [3.8, 4) is 0 Å². The van der Waals surface area contributed by atoms with E-state index in [1.165, 1.54) is 0 Å². The van der Waals surface area contributed by atoms with E-state index in [4.69, 9.17) is 0 Å². The smallest absolute Gasteiger partial charge is 0.223 e. The lowest BCUT2D eigenvalue weighted by molar-refractivity contribution is -0.131. The summed E-state index contributed by atoms with van der Waals surface area (Å²) >= 11 is 0. The second-order valence-corrected chi connectivity index (χ2v) is 6.22. The summed E-state index contributed by atoms with van der Waals surface area (Å²) in [6.45, 7) is 5.35. The molecular formula is C17H24N4O. The number of aromatic nitrogens is 2. The minimum Gasteiger partial charge on any atom is -0.353 e. The third-order valence-electron chi connectivity index (χ3n) is 4.51. The topological polar surface area (TPSA) is 49.3 Å². The molecular weight excluding hydrogens is 276 g/mol. The monoisotopic (exact) mass is 300 g/mol. The predicted molar refractivity (Wildman–Crippen MR) is 86.7 cm³/mol. The molecule has 3 rings (SSSR count). The predicted octanol–water partition coefficient (Wildman–Crippen LogP) is 2.18. The lowest BCUT2D eigenvalue weighted by atomic mass is 10.0. The van der Waals surface area contributed by atoms with Crippen LogP contribution < -0.4 is 4.90 Å². The Hall–Kier alpha value is -1.91. The molecule has 2 heterocycles. The second kappa shape index (κ2) is 6.90. The van der Waals surface area contributed by atoms with Gasteiger partial charge in [0.15, 0.2) is 5.82 Å². The fraction of sp³-hybridized carbons (Fsp3) is 0.588. The number of anilines is 1. The summed E-state index contributed by atoms with van der Waals surface area (Å²) in [7, 11) is 0. The zero-order valence-corrected chi connectivity index (χ0v) is 13.2. The Labute approximate surface area is 132 Å². The van der Waals surface area contributed by atoms with Crippen LogP contribution in [-0.4, -0.2) is 47.2 Å². The number of allylic oxidation sites excluding steroid dienone is 2. The van der Waals surface area contributed by atoms with Gasteiger partial charge in [0.1, 0.15) is 0 Å². The highest BCUT2D eigenvalue weighted by Crippen LogP contribution is 2.22. The van der Waals surface area contributed by atoms with Gasteiger partial charge < -0.3 is 9.80 Å². The van der Waals surface area contributed by atoms with Gasteiger partial charge in [0, 0.05) is 32.6 Å². The van der Waals surface area contributed by atoms with Crippen LogP contribution in [0.3, 0.4) is 0 Å². The largest absolute Gasteiger partial charge is 0.353 e. The molecule has 1 amide bonds. The van der Waals surface area contributed by atoms with Crippen LogP contribution in [-0.2, 0) is 4.79 Å². The highest BCUT2D eigenvalue weighted by Gasteiger charge is 2.22. The molecule has 5 heteroatoms. The standard InChI is InChI=1S/C17H24N4O/c1-14-7-8-16(19-18-14)20-9-4-10-21(12-11-20)17(22)13-15-5-2-3-6-15/h2,5,7-8,15H,3-4,6,9-13H2,1H3/t15-/m1/s1. The van der Waals surface area contributed by atoms with E-state index < -0.39 is 0 Å². The highest BCUT2D eigenvalue weighted by molar-refractivity contribution is 5.76. The van der Waals surface area contributed by atoms with Gasteiger partial charge in [-0.05, 0) is 44.2 Å². The number of nitrogens with zero attached hydrogens (tertiary/aromatic N) is 4. The fourth-order valence-corrected chi connectivity index (χ4v) is 3.18. The van der Waals surface area contributed by atoms with Crippen LogP contribution in [0.1, 0.15) is 31.4 Å². The average Bonchev–Trinajstić information content (AvgIpc) is 2.90. The first-order valence-electron chi connectivity index (χ1n) is 8.22. The fourth-order valence-electron chi connectivity index (χ4n) is 3.18. The molecule has 1 fully saturated rings. The van der Waals surface area contributed by atoms with Crippen molar-refractivity contribution in [3.05, 3.63) is 30.0 Å². The first-order valence-corrected chi connectivity index (χ1v) is 8.22.